The normalized spacial score (nSPS) is 11.1. The maximum atomic E-state index is 11.1. The van der Waals surface area contributed by atoms with Crippen molar-refractivity contribution < 1.29 is 17.9 Å². The van der Waals surface area contributed by atoms with E-state index in [9.17, 15) is 13.2 Å². The molecule has 0 saturated heterocycles. The summed E-state index contributed by atoms with van der Waals surface area (Å²) in [5.74, 6) is 0.587. The lowest BCUT2D eigenvalue weighted by Gasteiger charge is -2.04. The summed E-state index contributed by atoms with van der Waals surface area (Å²) in [6, 6.07) is 0. The van der Waals surface area contributed by atoms with Gasteiger partial charge < -0.3 is 4.74 Å². The van der Waals surface area contributed by atoms with Gasteiger partial charge in [0.25, 0.3) is 0 Å². The highest BCUT2D eigenvalue weighted by atomic mass is 32.2. The second kappa shape index (κ2) is 6.90. The highest BCUT2D eigenvalue weighted by molar-refractivity contribution is 8.00. The molecule has 0 rings (SSSR count). The highest BCUT2D eigenvalue weighted by Crippen LogP contribution is 2.08. The molecule has 0 atom stereocenters. The van der Waals surface area contributed by atoms with Gasteiger partial charge in [-0.2, -0.15) is 11.8 Å². The lowest BCUT2D eigenvalue weighted by atomic mass is 10.4. The van der Waals surface area contributed by atoms with Crippen LogP contribution in [-0.2, 0) is 19.4 Å². The smallest absolute Gasteiger partial charge is 0.334 e. The van der Waals surface area contributed by atoms with Crippen LogP contribution in [0.15, 0.2) is 12.2 Å². The van der Waals surface area contributed by atoms with Crippen LogP contribution in [-0.4, -0.2) is 44.5 Å². The van der Waals surface area contributed by atoms with Gasteiger partial charge in [0.2, 0.25) is 0 Å². The van der Waals surface area contributed by atoms with E-state index < -0.39 is 15.8 Å². The molecule has 0 bridgehead atoms. The first kappa shape index (κ1) is 14.5. The molecule has 15 heavy (non-hydrogen) atoms. The van der Waals surface area contributed by atoms with Gasteiger partial charge in [-0.05, 0) is 6.92 Å². The van der Waals surface area contributed by atoms with E-state index in [1.54, 1.807) is 6.92 Å². The molecular weight excluding hydrogens is 236 g/mol. The van der Waals surface area contributed by atoms with Crippen molar-refractivity contribution in [3.05, 3.63) is 12.2 Å². The molecule has 0 radical (unpaired) electrons. The zero-order valence-electron chi connectivity index (χ0n) is 8.99. The first-order chi connectivity index (χ1) is 6.87. The number of sulfone groups is 1. The zero-order chi connectivity index (χ0) is 11.9. The second-order valence-electron chi connectivity index (χ2n) is 3.01. The molecule has 0 aliphatic rings. The average Bonchev–Trinajstić information content (AvgIpc) is 2.11. The quantitative estimate of drug-likeness (QED) is 0.382. The molecule has 0 N–H and O–H groups in total. The van der Waals surface area contributed by atoms with Crippen LogP contribution >= 0.6 is 11.8 Å². The van der Waals surface area contributed by atoms with E-state index >= 15 is 0 Å². The fraction of sp³-hybridized carbons (Fsp3) is 0.667. The summed E-state index contributed by atoms with van der Waals surface area (Å²) in [7, 11) is -2.92. The van der Waals surface area contributed by atoms with Crippen LogP contribution in [0.1, 0.15) is 6.92 Å². The fourth-order valence-electron chi connectivity index (χ4n) is 0.698. The van der Waals surface area contributed by atoms with E-state index in [1.165, 1.54) is 18.0 Å². The summed E-state index contributed by atoms with van der Waals surface area (Å²) in [5, 5.41) is 0. The number of hydrogen-bond donors (Lipinski definition) is 0. The van der Waals surface area contributed by atoms with Crippen molar-refractivity contribution >= 4 is 27.6 Å². The van der Waals surface area contributed by atoms with Gasteiger partial charge in [0, 0.05) is 23.3 Å². The summed E-state index contributed by atoms with van der Waals surface area (Å²) in [6.45, 7) is 5.61. The first-order valence-electron chi connectivity index (χ1n) is 4.47. The van der Waals surface area contributed by atoms with E-state index in [2.05, 4.69) is 6.58 Å². The third-order valence-electron chi connectivity index (χ3n) is 1.44. The molecule has 0 unspecified atom stereocenters. The van der Waals surface area contributed by atoms with Crippen LogP contribution in [0.5, 0.6) is 0 Å². The molecule has 0 aromatic rings. The Morgan fingerprint density at radius 3 is 2.53 bits per heavy atom. The topological polar surface area (TPSA) is 60.4 Å². The van der Waals surface area contributed by atoms with Gasteiger partial charge >= 0.3 is 5.97 Å². The molecule has 0 aromatic heterocycles. The standard InChI is InChI=1S/C9H16O4S2/c1-4-13-9(10)8(2)7-14-5-6-15(3,11)12/h2,4-7H2,1,3H3. The molecule has 0 aliphatic carbocycles. The Kier molecular flexibility index (Phi) is 6.67. The third kappa shape index (κ3) is 8.50. The van der Waals surface area contributed by atoms with Crippen molar-refractivity contribution in [2.24, 2.45) is 0 Å². The first-order valence-corrected chi connectivity index (χ1v) is 7.68. The van der Waals surface area contributed by atoms with Crippen LogP contribution in [0.3, 0.4) is 0 Å². The van der Waals surface area contributed by atoms with Crippen molar-refractivity contribution in [1.29, 1.82) is 0 Å². The number of hydrogen-bond acceptors (Lipinski definition) is 5. The summed E-state index contributed by atoms with van der Waals surface area (Å²) in [6.07, 6.45) is 1.19. The molecular formula is C9H16O4S2. The zero-order valence-corrected chi connectivity index (χ0v) is 10.6. The molecule has 88 valence electrons. The molecule has 0 amide bonds. The van der Waals surface area contributed by atoms with Crippen LogP contribution in [0.25, 0.3) is 0 Å². The minimum atomic E-state index is -2.92. The lowest BCUT2D eigenvalue weighted by molar-refractivity contribution is -0.138. The Morgan fingerprint density at radius 1 is 1.47 bits per heavy atom. The van der Waals surface area contributed by atoms with E-state index in [0.29, 0.717) is 23.7 Å². The number of thioether (sulfide) groups is 1. The number of ether oxygens (including phenoxy) is 1. The molecule has 0 spiro atoms. The van der Waals surface area contributed by atoms with E-state index in [0.717, 1.165) is 0 Å². The van der Waals surface area contributed by atoms with Gasteiger partial charge in [-0.3, -0.25) is 0 Å². The van der Waals surface area contributed by atoms with Crippen LogP contribution in [0, 0.1) is 0 Å². The Bertz CT molecular complexity index is 319. The maximum Gasteiger partial charge on any atom is 0.334 e. The SMILES string of the molecule is C=C(CSCCS(C)(=O)=O)C(=O)OCC. The fourth-order valence-corrected chi connectivity index (χ4v) is 2.89. The number of carbonyl (C=O) groups is 1. The van der Waals surface area contributed by atoms with Crippen LogP contribution in [0.2, 0.25) is 0 Å². The van der Waals surface area contributed by atoms with Gasteiger partial charge in [-0.1, -0.05) is 6.58 Å². The Morgan fingerprint density at radius 2 is 2.07 bits per heavy atom. The van der Waals surface area contributed by atoms with Gasteiger partial charge in [-0.15, -0.1) is 0 Å². The minimum absolute atomic E-state index is 0.119. The summed E-state index contributed by atoms with van der Waals surface area (Å²) < 4.78 is 26.3. The molecule has 6 heteroatoms. The predicted octanol–water partition coefficient (Wildman–Crippen LogP) is 0.884. The van der Waals surface area contributed by atoms with Crippen molar-refractivity contribution in [2.45, 2.75) is 6.92 Å². The third-order valence-corrected chi connectivity index (χ3v) is 3.69. The van der Waals surface area contributed by atoms with E-state index in [-0.39, 0.29) is 5.75 Å². The van der Waals surface area contributed by atoms with E-state index in [4.69, 9.17) is 4.74 Å². The van der Waals surface area contributed by atoms with Gasteiger partial charge in [0.05, 0.1) is 12.4 Å². The maximum absolute atomic E-state index is 11.1. The summed E-state index contributed by atoms with van der Waals surface area (Å²) >= 11 is 1.36. The molecule has 0 saturated carbocycles. The lowest BCUT2D eigenvalue weighted by Crippen LogP contribution is -2.10. The molecule has 0 aromatic carbocycles. The Balaban J connectivity index is 3.69. The van der Waals surface area contributed by atoms with Crippen molar-refractivity contribution in [3.63, 3.8) is 0 Å². The van der Waals surface area contributed by atoms with Crippen LogP contribution in [0.4, 0.5) is 0 Å². The highest BCUT2D eigenvalue weighted by Gasteiger charge is 2.08. The predicted molar refractivity (Wildman–Crippen MR) is 62.8 cm³/mol. The Labute approximate surface area is 95.0 Å². The van der Waals surface area contributed by atoms with Gasteiger partial charge in [0.1, 0.15) is 9.84 Å². The number of rotatable bonds is 7. The number of esters is 1. The van der Waals surface area contributed by atoms with Gasteiger partial charge in [-0.25, -0.2) is 13.2 Å². The van der Waals surface area contributed by atoms with Crippen LogP contribution < -0.4 is 0 Å². The second-order valence-corrected chi connectivity index (χ2v) is 6.37. The monoisotopic (exact) mass is 252 g/mol. The van der Waals surface area contributed by atoms with Gasteiger partial charge in [0.15, 0.2) is 0 Å². The minimum Gasteiger partial charge on any atom is -0.463 e. The molecule has 0 aliphatic heterocycles. The molecule has 0 fully saturated rings. The Hall–Kier alpha value is -0.490. The summed E-state index contributed by atoms with van der Waals surface area (Å²) in [5.41, 5.74) is 0.371. The largest absolute Gasteiger partial charge is 0.463 e. The van der Waals surface area contributed by atoms with Crippen molar-refractivity contribution in [2.75, 3.05) is 30.1 Å². The van der Waals surface area contributed by atoms with Crippen molar-refractivity contribution in [3.8, 4) is 0 Å². The molecule has 0 heterocycles. The van der Waals surface area contributed by atoms with Crippen molar-refractivity contribution in [1.82, 2.24) is 0 Å². The number of carbonyl (C=O) groups excluding carboxylic acids is 1. The molecule has 4 nitrogen and oxygen atoms in total. The summed E-state index contributed by atoms with van der Waals surface area (Å²) in [4.78, 5) is 11.1. The van der Waals surface area contributed by atoms with E-state index in [1.807, 2.05) is 0 Å². The average molecular weight is 252 g/mol.